The van der Waals surface area contributed by atoms with Gasteiger partial charge < -0.3 is 10.2 Å². The van der Waals surface area contributed by atoms with E-state index >= 15 is 0 Å². The largest absolute Gasteiger partial charge is 0.356 e. The van der Waals surface area contributed by atoms with Crippen molar-refractivity contribution in [2.75, 3.05) is 32.4 Å². The molecular weight excluding hydrogens is 437 g/mol. The maximum Gasteiger partial charge on any atom is 0.193 e. The van der Waals surface area contributed by atoms with Crippen molar-refractivity contribution in [3.8, 4) is 0 Å². The summed E-state index contributed by atoms with van der Waals surface area (Å²) in [5, 5.41) is 3.35. The van der Waals surface area contributed by atoms with E-state index in [-0.39, 0.29) is 29.7 Å². The Balaban J connectivity index is 0.00000288. The first-order valence-corrected chi connectivity index (χ1v) is 9.64. The maximum absolute atomic E-state index is 12.1. The lowest BCUT2D eigenvalue weighted by atomic mass is 10.1. The van der Waals surface area contributed by atoms with Gasteiger partial charge in [-0.1, -0.05) is 29.8 Å². The van der Waals surface area contributed by atoms with Crippen molar-refractivity contribution in [3.05, 3.63) is 35.4 Å². The maximum atomic E-state index is 12.1. The SMILES string of the molecule is CN=C(NCCc1cccc(C)c1)N1CCS(=O)(=O)C(C)(C)C1.I. The molecule has 1 aromatic rings. The summed E-state index contributed by atoms with van der Waals surface area (Å²) in [5.41, 5.74) is 2.55. The zero-order chi connectivity index (χ0) is 17.1. The van der Waals surface area contributed by atoms with E-state index in [4.69, 9.17) is 0 Å². The Labute approximate surface area is 162 Å². The van der Waals surface area contributed by atoms with Crippen LogP contribution in [0.25, 0.3) is 0 Å². The summed E-state index contributed by atoms with van der Waals surface area (Å²) in [7, 11) is -1.29. The number of nitrogens with one attached hydrogen (secondary N) is 1. The number of nitrogens with zero attached hydrogens (tertiary/aromatic N) is 2. The molecule has 1 N–H and O–H groups in total. The molecule has 7 heteroatoms. The van der Waals surface area contributed by atoms with Crippen LogP contribution in [0.5, 0.6) is 0 Å². The highest BCUT2D eigenvalue weighted by molar-refractivity contribution is 14.0. The Bertz CT molecular complexity index is 687. The number of hydrogen-bond acceptors (Lipinski definition) is 3. The lowest BCUT2D eigenvalue weighted by Gasteiger charge is -2.39. The van der Waals surface area contributed by atoms with E-state index in [0.29, 0.717) is 13.1 Å². The van der Waals surface area contributed by atoms with Gasteiger partial charge in [-0.05, 0) is 32.8 Å². The summed E-state index contributed by atoms with van der Waals surface area (Å²) in [6.07, 6.45) is 0.913. The van der Waals surface area contributed by atoms with E-state index < -0.39 is 14.6 Å². The Kier molecular flexibility index (Phi) is 7.52. The van der Waals surface area contributed by atoms with Crippen LogP contribution in [0.1, 0.15) is 25.0 Å². The summed E-state index contributed by atoms with van der Waals surface area (Å²) in [4.78, 5) is 6.35. The molecule has 0 bridgehead atoms. The zero-order valence-electron chi connectivity index (χ0n) is 14.9. The average molecular weight is 465 g/mol. The molecule has 1 aliphatic heterocycles. The molecule has 1 aromatic carbocycles. The predicted molar refractivity (Wildman–Crippen MR) is 111 cm³/mol. The molecule has 5 nitrogen and oxygen atoms in total. The predicted octanol–water partition coefficient (Wildman–Crippen LogP) is 2.24. The van der Waals surface area contributed by atoms with E-state index in [9.17, 15) is 8.42 Å². The third-order valence-electron chi connectivity index (χ3n) is 4.33. The number of sulfone groups is 1. The van der Waals surface area contributed by atoms with Gasteiger partial charge in [-0.3, -0.25) is 4.99 Å². The number of benzene rings is 1. The number of guanidine groups is 1. The molecule has 24 heavy (non-hydrogen) atoms. The first-order chi connectivity index (χ1) is 10.7. The Morgan fingerprint density at radius 3 is 2.67 bits per heavy atom. The van der Waals surface area contributed by atoms with Crippen molar-refractivity contribution in [3.63, 3.8) is 0 Å². The van der Waals surface area contributed by atoms with Crippen molar-refractivity contribution >= 4 is 39.8 Å². The van der Waals surface area contributed by atoms with Gasteiger partial charge in [0.2, 0.25) is 0 Å². The summed E-state index contributed by atoms with van der Waals surface area (Å²) in [6.45, 7) is 7.41. The van der Waals surface area contributed by atoms with Gasteiger partial charge in [0, 0.05) is 26.7 Å². The Morgan fingerprint density at radius 2 is 2.08 bits per heavy atom. The van der Waals surface area contributed by atoms with Gasteiger partial charge in [0.25, 0.3) is 0 Å². The van der Waals surface area contributed by atoms with Crippen molar-refractivity contribution < 1.29 is 8.42 Å². The second-order valence-corrected chi connectivity index (χ2v) is 9.46. The molecule has 0 unspecified atom stereocenters. The third kappa shape index (κ3) is 5.08. The molecule has 0 aliphatic carbocycles. The fourth-order valence-corrected chi connectivity index (χ4v) is 4.21. The zero-order valence-corrected chi connectivity index (χ0v) is 18.0. The molecule has 2 rings (SSSR count). The lowest BCUT2D eigenvalue weighted by Crippen LogP contribution is -2.57. The highest BCUT2D eigenvalue weighted by Crippen LogP contribution is 2.23. The monoisotopic (exact) mass is 465 g/mol. The van der Waals surface area contributed by atoms with Crippen molar-refractivity contribution in [2.45, 2.75) is 31.9 Å². The second kappa shape index (κ2) is 8.51. The van der Waals surface area contributed by atoms with Crippen LogP contribution in [-0.2, 0) is 16.3 Å². The van der Waals surface area contributed by atoms with Crippen molar-refractivity contribution in [1.29, 1.82) is 0 Å². The fraction of sp³-hybridized carbons (Fsp3) is 0.588. The van der Waals surface area contributed by atoms with Gasteiger partial charge in [-0.25, -0.2) is 8.42 Å². The highest BCUT2D eigenvalue weighted by atomic mass is 127. The lowest BCUT2D eigenvalue weighted by molar-refractivity contribution is 0.353. The Morgan fingerprint density at radius 1 is 1.38 bits per heavy atom. The van der Waals surface area contributed by atoms with Gasteiger partial charge in [0.1, 0.15) is 0 Å². The van der Waals surface area contributed by atoms with Crippen LogP contribution < -0.4 is 5.32 Å². The summed E-state index contributed by atoms with van der Waals surface area (Å²) >= 11 is 0. The van der Waals surface area contributed by atoms with Crippen LogP contribution in [0.2, 0.25) is 0 Å². The van der Waals surface area contributed by atoms with Gasteiger partial charge in [-0.15, -0.1) is 24.0 Å². The van der Waals surface area contributed by atoms with E-state index in [2.05, 4.69) is 41.5 Å². The van der Waals surface area contributed by atoms with Crippen LogP contribution in [0, 0.1) is 6.92 Å². The summed E-state index contributed by atoms with van der Waals surface area (Å²) in [5.74, 6) is 0.958. The number of aliphatic imine (C=N–C) groups is 1. The molecule has 0 spiro atoms. The molecule has 0 saturated carbocycles. The van der Waals surface area contributed by atoms with Gasteiger partial charge in [0.05, 0.1) is 10.5 Å². The number of hydrogen-bond donors (Lipinski definition) is 1. The topological polar surface area (TPSA) is 61.8 Å². The first-order valence-electron chi connectivity index (χ1n) is 7.99. The van der Waals surface area contributed by atoms with Crippen molar-refractivity contribution in [1.82, 2.24) is 10.2 Å². The molecule has 0 atom stereocenters. The van der Waals surface area contributed by atoms with Gasteiger partial charge >= 0.3 is 0 Å². The second-order valence-electron chi connectivity index (χ2n) is 6.71. The normalized spacial score (nSPS) is 19.5. The van der Waals surface area contributed by atoms with Gasteiger partial charge in [-0.2, -0.15) is 0 Å². The molecule has 0 aromatic heterocycles. The minimum atomic E-state index is -3.03. The fourth-order valence-electron chi connectivity index (χ4n) is 2.84. The van der Waals surface area contributed by atoms with Crippen LogP contribution in [-0.4, -0.2) is 56.5 Å². The molecule has 1 saturated heterocycles. The van der Waals surface area contributed by atoms with Crippen LogP contribution >= 0.6 is 24.0 Å². The highest BCUT2D eigenvalue weighted by Gasteiger charge is 2.40. The molecule has 1 aliphatic rings. The molecule has 1 fully saturated rings. The van der Waals surface area contributed by atoms with Crippen LogP contribution in [0.15, 0.2) is 29.3 Å². The molecule has 1 heterocycles. The molecule has 0 amide bonds. The standard InChI is InChI=1S/C17H27N3O2S.HI/c1-14-6-5-7-15(12-14)8-9-19-16(18-4)20-10-11-23(21,22)17(2,3)13-20;/h5-7,12H,8-11,13H2,1-4H3,(H,18,19);1H. The Hall–Kier alpha value is -0.830. The minimum Gasteiger partial charge on any atom is -0.356 e. The van der Waals surface area contributed by atoms with Crippen molar-refractivity contribution in [2.24, 2.45) is 4.99 Å². The summed E-state index contributed by atoms with van der Waals surface area (Å²) < 4.78 is 23.5. The third-order valence-corrected chi connectivity index (χ3v) is 6.87. The van der Waals surface area contributed by atoms with E-state index in [1.54, 1.807) is 20.9 Å². The number of rotatable bonds is 3. The molecular formula is C17H28IN3O2S. The van der Waals surface area contributed by atoms with E-state index in [1.165, 1.54) is 11.1 Å². The van der Waals surface area contributed by atoms with Crippen LogP contribution in [0.3, 0.4) is 0 Å². The quantitative estimate of drug-likeness (QED) is 0.423. The van der Waals surface area contributed by atoms with E-state index in [0.717, 1.165) is 18.9 Å². The smallest absolute Gasteiger partial charge is 0.193 e. The molecule has 136 valence electrons. The van der Waals surface area contributed by atoms with E-state index in [1.807, 2.05) is 4.90 Å². The number of halogens is 1. The average Bonchev–Trinajstić information content (AvgIpc) is 2.47. The van der Waals surface area contributed by atoms with Crippen LogP contribution in [0.4, 0.5) is 0 Å². The summed E-state index contributed by atoms with van der Waals surface area (Å²) in [6, 6.07) is 8.46. The molecule has 0 radical (unpaired) electrons. The van der Waals surface area contributed by atoms with Gasteiger partial charge in [0.15, 0.2) is 15.8 Å². The minimum absolute atomic E-state index is 0. The first kappa shape index (κ1) is 21.2. The number of aryl methyl sites for hydroxylation is 1.